The first-order chi connectivity index (χ1) is 16.2. The minimum Gasteiger partial charge on any atom is -0.295 e. The minimum atomic E-state index is 0. The third kappa shape index (κ3) is 9.35. The van der Waals surface area contributed by atoms with E-state index in [2.05, 4.69) is 100 Å². The summed E-state index contributed by atoms with van der Waals surface area (Å²) in [7, 11) is 0. The van der Waals surface area contributed by atoms with Gasteiger partial charge in [-0.1, -0.05) is 136 Å². The zero-order valence-corrected chi connectivity index (χ0v) is 21.1. The Kier molecular flexibility index (Phi) is 13.9. The third-order valence-corrected chi connectivity index (χ3v) is 5.97. The summed E-state index contributed by atoms with van der Waals surface area (Å²) in [4.78, 5) is 10.8. The van der Waals surface area contributed by atoms with Crippen LogP contribution in [-0.4, -0.2) is 5.78 Å². The maximum absolute atomic E-state index is 10.8. The molecule has 5 aromatic rings. The van der Waals surface area contributed by atoms with Gasteiger partial charge in [-0.25, -0.2) is 0 Å². The SMILES string of the molecule is C.C.C.CC(=O)c1ccc(C)cc1.Cc1ccc2c(C)cccc2c1.Cc1ccc2cccc(C)c2c1. The number of hydrogen-bond donors (Lipinski definition) is 0. The lowest BCUT2D eigenvalue weighted by Crippen LogP contribution is -1.90. The second-order valence-electron chi connectivity index (χ2n) is 9.02. The van der Waals surface area contributed by atoms with Gasteiger partial charge in [0, 0.05) is 5.56 Å². The van der Waals surface area contributed by atoms with E-state index in [1.54, 1.807) is 6.92 Å². The van der Waals surface area contributed by atoms with Crippen molar-refractivity contribution in [1.82, 2.24) is 0 Å². The standard InChI is InChI=1S/2C12H12.C9H10O.3CH4/c1-9-6-7-12-10(2)4-3-5-11(12)8-9;1-9-6-7-11-5-3-4-10(2)12(11)8-9;1-7-3-5-9(6-4-7)8(2)10;;;/h2*3-8H,1-2H3;3-6H,1-2H3;3*1H4. The Hall–Kier alpha value is -3.71. The molecule has 5 aromatic carbocycles. The van der Waals surface area contributed by atoms with Crippen LogP contribution in [0.25, 0.3) is 21.5 Å². The summed E-state index contributed by atoms with van der Waals surface area (Å²) in [6.07, 6.45) is 0. The maximum atomic E-state index is 10.8. The first-order valence-corrected chi connectivity index (χ1v) is 11.7. The van der Waals surface area contributed by atoms with Gasteiger partial charge in [-0.05, 0) is 74.2 Å². The van der Waals surface area contributed by atoms with Crippen LogP contribution in [0.3, 0.4) is 0 Å². The highest BCUT2D eigenvalue weighted by atomic mass is 16.1. The number of carbonyl (C=O) groups excluding carboxylic acids is 1. The van der Waals surface area contributed by atoms with Crippen LogP contribution in [0.4, 0.5) is 0 Å². The number of Topliss-reactive ketones (excluding diaryl/α,β-unsaturated/α-hetero) is 1. The van der Waals surface area contributed by atoms with Crippen LogP contribution in [0.1, 0.15) is 67.4 Å². The molecule has 0 aliphatic heterocycles. The van der Waals surface area contributed by atoms with Crippen molar-refractivity contribution in [3.05, 3.63) is 130 Å². The molecular weight excluding hydrogens is 448 g/mol. The van der Waals surface area contributed by atoms with Gasteiger partial charge in [-0.3, -0.25) is 4.79 Å². The predicted molar refractivity (Wildman–Crippen MR) is 168 cm³/mol. The average Bonchev–Trinajstić information content (AvgIpc) is 2.81. The Morgan fingerprint density at radius 3 is 1.57 bits per heavy atom. The van der Waals surface area contributed by atoms with Crippen molar-refractivity contribution in [2.75, 3.05) is 0 Å². The first-order valence-electron chi connectivity index (χ1n) is 11.7. The molecule has 0 amide bonds. The smallest absolute Gasteiger partial charge is 0.159 e. The van der Waals surface area contributed by atoms with E-state index in [0.29, 0.717) is 0 Å². The van der Waals surface area contributed by atoms with Crippen LogP contribution < -0.4 is 0 Å². The largest absolute Gasteiger partial charge is 0.295 e. The fourth-order valence-electron chi connectivity index (χ4n) is 3.90. The molecule has 0 saturated carbocycles. The summed E-state index contributed by atoms with van der Waals surface area (Å²) in [5.74, 6) is 0.125. The lowest BCUT2D eigenvalue weighted by molar-refractivity contribution is 0.101. The molecule has 1 heteroatoms. The van der Waals surface area contributed by atoms with Crippen molar-refractivity contribution in [2.24, 2.45) is 0 Å². The average molecular weight is 495 g/mol. The molecule has 0 heterocycles. The molecule has 0 atom stereocenters. The van der Waals surface area contributed by atoms with E-state index in [4.69, 9.17) is 0 Å². The molecule has 0 fully saturated rings. The van der Waals surface area contributed by atoms with E-state index in [1.165, 1.54) is 49.4 Å². The second-order valence-corrected chi connectivity index (χ2v) is 9.02. The van der Waals surface area contributed by atoms with Crippen molar-refractivity contribution in [3.63, 3.8) is 0 Å². The zero-order valence-electron chi connectivity index (χ0n) is 21.1. The van der Waals surface area contributed by atoms with Crippen molar-refractivity contribution in [2.45, 2.75) is 63.8 Å². The van der Waals surface area contributed by atoms with Crippen LogP contribution in [0, 0.1) is 34.6 Å². The molecule has 1 nitrogen and oxygen atoms in total. The van der Waals surface area contributed by atoms with Crippen LogP contribution in [0.2, 0.25) is 0 Å². The van der Waals surface area contributed by atoms with Gasteiger partial charge in [-0.2, -0.15) is 0 Å². The van der Waals surface area contributed by atoms with Crippen molar-refractivity contribution < 1.29 is 4.79 Å². The van der Waals surface area contributed by atoms with Gasteiger partial charge >= 0.3 is 0 Å². The zero-order chi connectivity index (χ0) is 24.7. The van der Waals surface area contributed by atoms with Gasteiger partial charge in [0.15, 0.2) is 5.78 Å². The third-order valence-electron chi connectivity index (χ3n) is 5.97. The summed E-state index contributed by atoms with van der Waals surface area (Å²) >= 11 is 0. The Labute approximate surface area is 226 Å². The molecule has 0 aliphatic rings. The van der Waals surface area contributed by atoms with Gasteiger partial charge in [-0.15, -0.1) is 0 Å². The maximum Gasteiger partial charge on any atom is 0.159 e. The molecule has 37 heavy (non-hydrogen) atoms. The number of benzene rings is 5. The monoisotopic (exact) mass is 494 g/mol. The van der Waals surface area contributed by atoms with Gasteiger partial charge in [0.05, 0.1) is 0 Å². The summed E-state index contributed by atoms with van der Waals surface area (Å²) in [6.45, 7) is 12.1. The topological polar surface area (TPSA) is 17.1 Å². The Bertz CT molecular complexity index is 1410. The number of ketones is 1. The van der Waals surface area contributed by atoms with Crippen molar-refractivity contribution >= 4 is 27.3 Å². The van der Waals surface area contributed by atoms with Crippen LogP contribution in [0.15, 0.2) is 97.1 Å². The van der Waals surface area contributed by atoms with Crippen molar-refractivity contribution in [3.8, 4) is 0 Å². The molecule has 0 N–H and O–H groups in total. The van der Waals surface area contributed by atoms with E-state index < -0.39 is 0 Å². The van der Waals surface area contributed by atoms with Crippen LogP contribution in [-0.2, 0) is 0 Å². The molecule has 0 aromatic heterocycles. The molecule has 0 saturated heterocycles. The van der Waals surface area contributed by atoms with E-state index >= 15 is 0 Å². The van der Waals surface area contributed by atoms with E-state index in [0.717, 1.165) is 5.56 Å². The Morgan fingerprint density at radius 2 is 0.973 bits per heavy atom. The van der Waals surface area contributed by atoms with Gasteiger partial charge < -0.3 is 0 Å². The number of carbonyl (C=O) groups is 1. The molecule has 196 valence electrons. The van der Waals surface area contributed by atoms with E-state index in [-0.39, 0.29) is 28.1 Å². The molecule has 0 radical (unpaired) electrons. The summed E-state index contributed by atoms with van der Waals surface area (Å²) in [5, 5.41) is 5.41. The number of fused-ring (bicyclic) bond motifs is 2. The van der Waals surface area contributed by atoms with Gasteiger partial charge in [0.2, 0.25) is 0 Å². The normalized spacial score (nSPS) is 9.35. The predicted octanol–water partition coefficient (Wildman–Crippen LogP) is 11.0. The van der Waals surface area contributed by atoms with Crippen LogP contribution in [0.5, 0.6) is 0 Å². The Balaban J connectivity index is 0.000000508. The highest BCUT2D eigenvalue weighted by Crippen LogP contribution is 2.20. The lowest BCUT2D eigenvalue weighted by Gasteiger charge is -2.01. The lowest BCUT2D eigenvalue weighted by atomic mass is 10.0. The molecule has 0 spiro atoms. The number of rotatable bonds is 1. The Morgan fingerprint density at radius 1 is 0.486 bits per heavy atom. The number of aryl methyl sites for hydroxylation is 5. The van der Waals surface area contributed by atoms with Gasteiger partial charge in [0.1, 0.15) is 0 Å². The number of hydrogen-bond acceptors (Lipinski definition) is 1. The van der Waals surface area contributed by atoms with Crippen LogP contribution >= 0.6 is 0 Å². The molecular formula is C36H46O. The quantitative estimate of drug-likeness (QED) is 0.212. The minimum absolute atomic E-state index is 0. The first kappa shape index (κ1) is 33.3. The summed E-state index contributed by atoms with van der Waals surface area (Å²) in [5.41, 5.74) is 7.34. The highest BCUT2D eigenvalue weighted by Gasteiger charge is 1.96. The second kappa shape index (κ2) is 15.4. The van der Waals surface area contributed by atoms with Gasteiger partial charge in [0.25, 0.3) is 0 Å². The molecule has 0 bridgehead atoms. The fourth-order valence-corrected chi connectivity index (χ4v) is 3.90. The van der Waals surface area contributed by atoms with E-state index in [9.17, 15) is 4.79 Å². The summed E-state index contributed by atoms with van der Waals surface area (Å²) < 4.78 is 0. The fraction of sp³-hybridized carbons (Fsp3) is 0.250. The van der Waals surface area contributed by atoms with E-state index in [1.807, 2.05) is 31.2 Å². The highest BCUT2D eigenvalue weighted by molar-refractivity contribution is 5.94. The van der Waals surface area contributed by atoms with Crippen molar-refractivity contribution in [1.29, 1.82) is 0 Å². The molecule has 5 rings (SSSR count). The molecule has 0 aliphatic carbocycles. The molecule has 0 unspecified atom stereocenters. The summed E-state index contributed by atoms with van der Waals surface area (Å²) in [6, 6.07) is 33.6.